The summed E-state index contributed by atoms with van der Waals surface area (Å²) in [6.07, 6.45) is 3.31. The molecule has 0 saturated carbocycles. The number of rotatable bonds is 2. The summed E-state index contributed by atoms with van der Waals surface area (Å²) in [5, 5.41) is 17.5. The van der Waals surface area contributed by atoms with Crippen LogP contribution in [0.1, 0.15) is 19.7 Å². The minimum absolute atomic E-state index is 0.00622. The van der Waals surface area contributed by atoms with Crippen molar-refractivity contribution in [2.75, 3.05) is 6.61 Å². The van der Waals surface area contributed by atoms with Gasteiger partial charge in [0, 0.05) is 17.8 Å². The van der Waals surface area contributed by atoms with Crippen LogP contribution in [0.3, 0.4) is 0 Å². The first kappa shape index (κ1) is 10.3. The molecule has 2 rings (SSSR count). The first-order valence-electron chi connectivity index (χ1n) is 4.53. The van der Waals surface area contributed by atoms with Gasteiger partial charge in [0.2, 0.25) is 0 Å². The van der Waals surface area contributed by atoms with Gasteiger partial charge < -0.3 is 5.11 Å². The van der Waals surface area contributed by atoms with E-state index in [2.05, 4.69) is 15.2 Å². The van der Waals surface area contributed by atoms with Gasteiger partial charge in [-0.3, -0.25) is 4.40 Å². The Hall–Kier alpha value is -1.20. The summed E-state index contributed by atoms with van der Waals surface area (Å²) in [5.41, 5.74) is 0.0556. The Balaban J connectivity index is 2.69. The molecule has 2 aromatic heterocycles. The van der Waals surface area contributed by atoms with E-state index < -0.39 is 5.41 Å². The van der Waals surface area contributed by atoms with Crippen LogP contribution < -0.4 is 0 Å². The number of halogens is 1. The Bertz CT molecular complexity index is 494. The van der Waals surface area contributed by atoms with Gasteiger partial charge in [0.1, 0.15) is 5.82 Å². The Morgan fingerprint density at radius 3 is 2.87 bits per heavy atom. The molecule has 0 amide bonds. The van der Waals surface area contributed by atoms with E-state index in [1.54, 1.807) is 16.8 Å². The van der Waals surface area contributed by atoms with Crippen LogP contribution in [-0.4, -0.2) is 31.3 Å². The van der Waals surface area contributed by atoms with Crippen LogP contribution in [0, 0.1) is 0 Å². The van der Waals surface area contributed by atoms with E-state index >= 15 is 0 Å². The molecule has 1 N–H and O–H groups in total. The van der Waals surface area contributed by atoms with E-state index in [-0.39, 0.29) is 6.61 Å². The van der Waals surface area contributed by atoms with Crippen LogP contribution in [0.15, 0.2) is 12.4 Å². The summed E-state index contributed by atoms with van der Waals surface area (Å²) >= 11 is 5.87. The fourth-order valence-electron chi connectivity index (χ4n) is 1.33. The molecule has 15 heavy (non-hydrogen) atoms. The lowest BCUT2D eigenvalue weighted by Crippen LogP contribution is -2.25. The van der Waals surface area contributed by atoms with Crippen LogP contribution in [0.5, 0.6) is 0 Å². The third-order valence-electron chi connectivity index (χ3n) is 2.28. The molecule has 0 aliphatic rings. The summed E-state index contributed by atoms with van der Waals surface area (Å²) in [4.78, 5) is 3.91. The van der Waals surface area contributed by atoms with Crippen molar-refractivity contribution in [2.24, 2.45) is 0 Å². The van der Waals surface area contributed by atoms with Crippen LogP contribution in [0.4, 0.5) is 0 Å². The summed E-state index contributed by atoms with van der Waals surface area (Å²) < 4.78 is 1.74. The van der Waals surface area contributed by atoms with Crippen LogP contribution in [-0.2, 0) is 5.41 Å². The summed E-state index contributed by atoms with van der Waals surface area (Å²) in [7, 11) is 0. The maximum Gasteiger partial charge on any atom is 0.198 e. The van der Waals surface area contributed by atoms with Gasteiger partial charge in [-0.15, -0.1) is 10.2 Å². The summed E-state index contributed by atoms with van der Waals surface area (Å²) in [6.45, 7) is 3.77. The molecular formula is C9H11ClN4O. The highest BCUT2D eigenvalue weighted by Crippen LogP contribution is 2.22. The van der Waals surface area contributed by atoms with Crippen molar-refractivity contribution < 1.29 is 5.11 Å². The molecule has 0 aliphatic heterocycles. The van der Waals surface area contributed by atoms with E-state index in [0.29, 0.717) is 16.6 Å². The fourth-order valence-corrected chi connectivity index (χ4v) is 1.51. The average molecular weight is 227 g/mol. The first-order valence-corrected chi connectivity index (χ1v) is 4.90. The molecule has 0 unspecified atom stereocenters. The minimum atomic E-state index is -0.454. The predicted molar refractivity (Wildman–Crippen MR) is 55.9 cm³/mol. The molecule has 0 spiro atoms. The van der Waals surface area contributed by atoms with Crippen molar-refractivity contribution in [1.29, 1.82) is 0 Å². The quantitative estimate of drug-likeness (QED) is 0.832. The van der Waals surface area contributed by atoms with Crippen molar-refractivity contribution in [2.45, 2.75) is 19.3 Å². The molecule has 0 aromatic carbocycles. The second-order valence-electron chi connectivity index (χ2n) is 3.98. The van der Waals surface area contributed by atoms with E-state index in [4.69, 9.17) is 11.6 Å². The highest BCUT2D eigenvalue weighted by atomic mass is 35.5. The zero-order chi connectivity index (χ0) is 11.1. The number of hydrogen-bond acceptors (Lipinski definition) is 4. The van der Waals surface area contributed by atoms with E-state index in [1.165, 1.54) is 0 Å². The van der Waals surface area contributed by atoms with Gasteiger partial charge in [-0.05, 0) is 0 Å². The van der Waals surface area contributed by atoms with E-state index in [1.807, 2.05) is 13.8 Å². The van der Waals surface area contributed by atoms with Gasteiger partial charge in [-0.1, -0.05) is 25.4 Å². The number of aromatic nitrogens is 4. The largest absolute Gasteiger partial charge is 0.395 e. The van der Waals surface area contributed by atoms with Crippen molar-refractivity contribution in [3.8, 4) is 0 Å². The maximum absolute atomic E-state index is 9.26. The van der Waals surface area contributed by atoms with Crippen LogP contribution >= 0.6 is 11.6 Å². The third-order valence-corrected chi connectivity index (χ3v) is 2.55. The number of aliphatic hydroxyl groups excluding tert-OH is 1. The molecule has 2 heterocycles. The van der Waals surface area contributed by atoms with E-state index in [0.717, 1.165) is 0 Å². The zero-order valence-corrected chi connectivity index (χ0v) is 9.23. The van der Waals surface area contributed by atoms with Crippen molar-refractivity contribution in [3.63, 3.8) is 0 Å². The van der Waals surface area contributed by atoms with Crippen LogP contribution in [0.2, 0.25) is 5.15 Å². The van der Waals surface area contributed by atoms with Gasteiger partial charge in [-0.2, -0.15) is 0 Å². The molecule has 0 saturated heterocycles. The Morgan fingerprint density at radius 1 is 1.47 bits per heavy atom. The standard InChI is InChI=1S/C9H11ClN4O/c1-9(2,5-15)8-13-12-7-6(10)11-3-4-14(7)8/h3-4,15H,5H2,1-2H3. The second kappa shape index (κ2) is 3.43. The monoisotopic (exact) mass is 226 g/mol. The predicted octanol–water partition coefficient (Wildman–Crippen LogP) is 1.05. The SMILES string of the molecule is CC(C)(CO)c1nnc2c(Cl)nccn12. The van der Waals surface area contributed by atoms with E-state index in [9.17, 15) is 5.11 Å². The lowest BCUT2D eigenvalue weighted by Gasteiger charge is -2.18. The molecule has 0 atom stereocenters. The highest BCUT2D eigenvalue weighted by Gasteiger charge is 2.26. The van der Waals surface area contributed by atoms with Crippen molar-refractivity contribution in [1.82, 2.24) is 19.6 Å². The van der Waals surface area contributed by atoms with Crippen molar-refractivity contribution >= 4 is 17.2 Å². The lowest BCUT2D eigenvalue weighted by atomic mass is 9.94. The average Bonchev–Trinajstić information content (AvgIpc) is 2.63. The molecule has 0 aliphatic carbocycles. The Labute approximate surface area is 91.7 Å². The van der Waals surface area contributed by atoms with Gasteiger partial charge in [0.25, 0.3) is 0 Å². The first-order chi connectivity index (χ1) is 7.06. The molecule has 6 heteroatoms. The highest BCUT2D eigenvalue weighted by molar-refractivity contribution is 6.32. The number of aliphatic hydroxyl groups is 1. The molecule has 0 bridgehead atoms. The smallest absolute Gasteiger partial charge is 0.198 e. The fraction of sp³-hybridized carbons (Fsp3) is 0.444. The molecule has 0 fully saturated rings. The second-order valence-corrected chi connectivity index (χ2v) is 4.34. The summed E-state index contributed by atoms with van der Waals surface area (Å²) in [5.74, 6) is 0.671. The molecule has 80 valence electrons. The van der Waals surface area contributed by atoms with Crippen LogP contribution in [0.25, 0.3) is 5.65 Å². The normalized spacial score (nSPS) is 12.3. The number of fused-ring (bicyclic) bond motifs is 1. The van der Waals surface area contributed by atoms with Gasteiger partial charge in [0.15, 0.2) is 10.8 Å². The Kier molecular flexibility index (Phi) is 2.36. The third kappa shape index (κ3) is 1.57. The van der Waals surface area contributed by atoms with Gasteiger partial charge in [-0.25, -0.2) is 4.98 Å². The summed E-state index contributed by atoms with van der Waals surface area (Å²) in [6, 6.07) is 0. The van der Waals surface area contributed by atoms with Crippen molar-refractivity contribution in [3.05, 3.63) is 23.4 Å². The molecule has 2 aromatic rings. The lowest BCUT2D eigenvalue weighted by molar-refractivity contribution is 0.211. The molecule has 5 nitrogen and oxygen atoms in total. The topological polar surface area (TPSA) is 63.3 Å². The Morgan fingerprint density at radius 2 is 2.20 bits per heavy atom. The maximum atomic E-state index is 9.26. The molecule has 0 radical (unpaired) electrons. The minimum Gasteiger partial charge on any atom is -0.395 e. The molecular weight excluding hydrogens is 216 g/mol. The zero-order valence-electron chi connectivity index (χ0n) is 8.48. The van der Waals surface area contributed by atoms with Gasteiger partial charge in [0.05, 0.1) is 6.61 Å². The van der Waals surface area contributed by atoms with Gasteiger partial charge >= 0.3 is 0 Å². The number of hydrogen-bond donors (Lipinski definition) is 1. The number of nitrogens with zero attached hydrogens (tertiary/aromatic N) is 4.